The molecule has 2 N–H and O–H groups in total. The van der Waals surface area contributed by atoms with Crippen LogP contribution in [0.5, 0.6) is 0 Å². The van der Waals surface area contributed by atoms with Gasteiger partial charge in [-0.3, -0.25) is 9.00 Å². The first-order valence-corrected chi connectivity index (χ1v) is 7.96. The van der Waals surface area contributed by atoms with Gasteiger partial charge in [0.2, 0.25) is 5.91 Å². The van der Waals surface area contributed by atoms with E-state index in [2.05, 4.69) is 18.2 Å². The van der Waals surface area contributed by atoms with E-state index < -0.39 is 16.7 Å². The van der Waals surface area contributed by atoms with Crippen LogP contribution in [0.1, 0.15) is 16.7 Å². The predicted molar refractivity (Wildman–Crippen MR) is 80.6 cm³/mol. The molecule has 1 amide bonds. The molecule has 0 aliphatic heterocycles. The van der Waals surface area contributed by atoms with Crippen molar-refractivity contribution in [3.63, 3.8) is 0 Å². The number of primary amides is 1. The Morgan fingerprint density at radius 1 is 1.10 bits per heavy atom. The summed E-state index contributed by atoms with van der Waals surface area (Å²) in [6, 6.07) is 14.4. The highest BCUT2D eigenvalue weighted by atomic mass is 32.2. The van der Waals surface area contributed by atoms with Crippen molar-refractivity contribution in [3.05, 3.63) is 59.2 Å². The molecule has 0 bridgehead atoms. The van der Waals surface area contributed by atoms with Gasteiger partial charge < -0.3 is 5.73 Å². The zero-order valence-corrected chi connectivity index (χ0v) is 11.8. The molecule has 0 aromatic heterocycles. The number of amides is 1. The number of carbonyl (C=O) groups excluding carboxylic acids is 1. The highest BCUT2D eigenvalue weighted by molar-refractivity contribution is 7.84. The normalized spacial score (nSPS) is 13.6. The molecular weight excluding hydrogens is 270 g/mol. The summed E-state index contributed by atoms with van der Waals surface area (Å²) in [7, 11) is -1.24. The van der Waals surface area contributed by atoms with Crippen LogP contribution >= 0.6 is 0 Å². The molecule has 1 aliphatic carbocycles. The minimum Gasteiger partial charge on any atom is -0.369 e. The quantitative estimate of drug-likeness (QED) is 0.797. The van der Waals surface area contributed by atoms with Crippen molar-refractivity contribution in [1.29, 1.82) is 0 Å². The van der Waals surface area contributed by atoms with Gasteiger partial charge in [0.1, 0.15) is 5.75 Å². The highest BCUT2D eigenvalue weighted by Gasteiger charge is 2.21. The van der Waals surface area contributed by atoms with Crippen LogP contribution in [0, 0.1) is 0 Å². The predicted octanol–water partition coefficient (Wildman–Crippen LogP) is 1.99. The van der Waals surface area contributed by atoms with Crippen molar-refractivity contribution < 1.29 is 9.00 Å². The van der Waals surface area contributed by atoms with E-state index >= 15 is 0 Å². The van der Waals surface area contributed by atoms with Crippen molar-refractivity contribution in [2.75, 3.05) is 5.75 Å². The summed E-state index contributed by atoms with van der Waals surface area (Å²) in [4.78, 5) is 10.9. The smallest absolute Gasteiger partial charge is 0.230 e. The molecular formula is C16H15NO2S. The molecule has 20 heavy (non-hydrogen) atoms. The van der Waals surface area contributed by atoms with E-state index in [1.54, 1.807) is 0 Å². The van der Waals surface area contributed by atoms with Gasteiger partial charge >= 0.3 is 0 Å². The average Bonchev–Trinajstić information content (AvgIpc) is 2.77. The number of fused-ring (bicyclic) bond motifs is 3. The summed E-state index contributed by atoms with van der Waals surface area (Å²) in [5.41, 5.74) is 11.1. The number of carbonyl (C=O) groups is 1. The number of nitrogens with two attached hydrogens (primary N) is 1. The third-order valence-corrected chi connectivity index (χ3v) is 4.76. The zero-order chi connectivity index (χ0) is 14.1. The standard InChI is InChI=1S/C16H15NO2S/c17-15(18)10-20(19)9-13-6-3-5-12-8-11-4-1-2-7-14(11)16(12)13/h1-7H,8-10H2,(H2,17,18). The molecule has 0 heterocycles. The molecule has 1 unspecified atom stereocenters. The second-order valence-electron chi connectivity index (χ2n) is 4.98. The van der Waals surface area contributed by atoms with Gasteiger partial charge in [-0.1, -0.05) is 42.5 Å². The largest absolute Gasteiger partial charge is 0.369 e. The fourth-order valence-electron chi connectivity index (χ4n) is 2.77. The Hall–Kier alpha value is -1.94. The van der Waals surface area contributed by atoms with Gasteiger partial charge in [-0.05, 0) is 34.2 Å². The van der Waals surface area contributed by atoms with Crippen molar-refractivity contribution in [2.45, 2.75) is 12.2 Å². The Labute approximate surface area is 120 Å². The fourth-order valence-corrected chi connectivity index (χ4v) is 3.78. The summed E-state index contributed by atoms with van der Waals surface area (Å²) in [6.07, 6.45) is 0.918. The Balaban J connectivity index is 1.98. The lowest BCUT2D eigenvalue weighted by Crippen LogP contribution is -2.20. The van der Waals surface area contributed by atoms with E-state index in [0.717, 1.165) is 12.0 Å². The van der Waals surface area contributed by atoms with Crippen LogP contribution in [-0.2, 0) is 27.8 Å². The Kier molecular flexibility index (Phi) is 3.40. The van der Waals surface area contributed by atoms with E-state index in [1.807, 2.05) is 24.3 Å². The van der Waals surface area contributed by atoms with Crippen LogP contribution in [0.15, 0.2) is 42.5 Å². The maximum atomic E-state index is 11.9. The van der Waals surface area contributed by atoms with Crippen LogP contribution in [-0.4, -0.2) is 15.9 Å². The van der Waals surface area contributed by atoms with Gasteiger partial charge in [0.15, 0.2) is 0 Å². The lowest BCUT2D eigenvalue weighted by molar-refractivity contribution is -0.115. The summed E-state index contributed by atoms with van der Waals surface area (Å²) >= 11 is 0. The second kappa shape index (κ2) is 5.21. The third kappa shape index (κ3) is 2.39. The molecule has 4 heteroatoms. The van der Waals surface area contributed by atoms with Crippen molar-refractivity contribution in [1.82, 2.24) is 0 Å². The van der Waals surface area contributed by atoms with E-state index in [1.165, 1.54) is 22.3 Å². The second-order valence-corrected chi connectivity index (χ2v) is 6.44. The topological polar surface area (TPSA) is 60.2 Å². The maximum Gasteiger partial charge on any atom is 0.230 e. The third-order valence-electron chi connectivity index (χ3n) is 3.52. The van der Waals surface area contributed by atoms with Gasteiger partial charge in [0.05, 0.1) is 0 Å². The minimum atomic E-state index is -1.24. The minimum absolute atomic E-state index is 0.0781. The number of benzene rings is 2. The summed E-state index contributed by atoms with van der Waals surface area (Å²) in [5.74, 6) is -0.220. The fraction of sp³-hybridized carbons (Fsp3) is 0.188. The monoisotopic (exact) mass is 285 g/mol. The molecule has 0 spiro atoms. The molecule has 0 saturated heterocycles. The highest BCUT2D eigenvalue weighted by Crippen LogP contribution is 2.39. The molecule has 1 aliphatic rings. The maximum absolute atomic E-state index is 11.9. The van der Waals surface area contributed by atoms with E-state index in [0.29, 0.717) is 5.75 Å². The van der Waals surface area contributed by atoms with Crippen molar-refractivity contribution >= 4 is 16.7 Å². The zero-order valence-electron chi connectivity index (χ0n) is 11.0. The van der Waals surface area contributed by atoms with Crippen molar-refractivity contribution in [2.24, 2.45) is 5.73 Å². The molecule has 3 nitrogen and oxygen atoms in total. The van der Waals surface area contributed by atoms with Crippen LogP contribution in [0.3, 0.4) is 0 Å². The first kappa shape index (κ1) is 13.1. The molecule has 0 radical (unpaired) electrons. The lowest BCUT2D eigenvalue weighted by atomic mass is 10.0. The van der Waals surface area contributed by atoms with Crippen LogP contribution in [0.25, 0.3) is 11.1 Å². The van der Waals surface area contributed by atoms with Crippen LogP contribution in [0.2, 0.25) is 0 Å². The van der Waals surface area contributed by atoms with Crippen LogP contribution in [0.4, 0.5) is 0 Å². The van der Waals surface area contributed by atoms with Crippen molar-refractivity contribution in [3.8, 4) is 11.1 Å². The summed E-state index contributed by atoms with van der Waals surface area (Å²) in [5, 5.41) is 0. The van der Waals surface area contributed by atoms with Gasteiger partial charge in [-0.2, -0.15) is 0 Å². The molecule has 2 aromatic carbocycles. The lowest BCUT2D eigenvalue weighted by Gasteiger charge is -2.09. The summed E-state index contributed by atoms with van der Waals surface area (Å²) < 4.78 is 11.9. The van der Waals surface area contributed by atoms with E-state index in [9.17, 15) is 9.00 Å². The molecule has 3 rings (SSSR count). The molecule has 102 valence electrons. The first-order chi connectivity index (χ1) is 9.65. The number of hydrogen-bond donors (Lipinski definition) is 1. The van der Waals surface area contributed by atoms with Gasteiger partial charge in [0, 0.05) is 16.6 Å². The van der Waals surface area contributed by atoms with Gasteiger partial charge in [-0.25, -0.2) is 0 Å². The first-order valence-electron chi connectivity index (χ1n) is 6.47. The molecule has 0 fully saturated rings. The Morgan fingerprint density at radius 2 is 1.85 bits per heavy atom. The van der Waals surface area contributed by atoms with E-state index in [4.69, 9.17) is 5.73 Å². The molecule has 1 atom stereocenters. The molecule has 0 saturated carbocycles. The van der Waals surface area contributed by atoms with Gasteiger partial charge in [-0.15, -0.1) is 0 Å². The molecule has 2 aromatic rings. The number of rotatable bonds is 4. The Bertz CT molecular complexity index is 709. The summed E-state index contributed by atoms with van der Waals surface area (Å²) in [6.45, 7) is 0. The van der Waals surface area contributed by atoms with Crippen LogP contribution < -0.4 is 5.73 Å². The van der Waals surface area contributed by atoms with E-state index in [-0.39, 0.29) is 5.75 Å². The number of hydrogen-bond acceptors (Lipinski definition) is 2. The average molecular weight is 285 g/mol. The SMILES string of the molecule is NC(=O)CS(=O)Cc1cccc2c1-c1ccccc1C2. The Morgan fingerprint density at radius 3 is 2.65 bits per heavy atom. The van der Waals surface area contributed by atoms with Gasteiger partial charge in [0.25, 0.3) is 0 Å².